The lowest BCUT2D eigenvalue weighted by Gasteiger charge is -2.16. The van der Waals surface area contributed by atoms with Crippen molar-refractivity contribution in [3.05, 3.63) is 60.2 Å². The number of nitrogens with two attached hydrogens (primary N) is 1. The summed E-state index contributed by atoms with van der Waals surface area (Å²) >= 11 is 0. The maximum absolute atomic E-state index is 12.7. The van der Waals surface area contributed by atoms with Crippen LogP contribution in [0.3, 0.4) is 0 Å². The Hall–Kier alpha value is -2.86. The lowest BCUT2D eigenvalue weighted by Crippen LogP contribution is -2.89. The van der Waals surface area contributed by atoms with Crippen LogP contribution in [0.1, 0.15) is 11.6 Å². The molecular formula is C18H22N3O3+. The topological polar surface area (TPSA) is 84.0 Å². The molecule has 0 saturated heterocycles. The molecule has 0 spiro atoms. The van der Waals surface area contributed by atoms with Crippen molar-refractivity contribution in [1.82, 2.24) is 5.32 Å². The molecule has 0 bridgehead atoms. The van der Waals surface area contributed by atoms with Crippen LogP contribution in [0.4, 0.5) is 5.69 Å². The van der Waals surface area contributed by atoms with Gasteiger partial charge < -0.3 is 20.7 Å². The first-order valence-corrected chi connectivity index (χ1v) is 7.68. The van der Waals surface area contributed by atoms with Gasteiger partial charge in [0, 0.05) is 24.4 Å². The summed E-state index contributed by atoms with van der Waals surface area (Å²) in [5.41, 5.74) is 1.48. The SMILES string of the molecule is CNC(=O)C[NH2+][C@H](C(=O)Nc1cccc(OC)c1)c1ccccc1. The number of anilines is 1. The van der Waals surface area contributed by atoms with Crippen molar-refractivity contribution in [1.29, 1.82) is 0 Å². The van der Waals surface area contributed by atoms with Gasteiger partial charge >= 0.3 is 0 Å². The van der Waals surface area contributed by atoms with Crippen LogP contribution in [-0.4, -0.2) is 32.5 Å². The molecule has 0 aromatic heterocycles. The Kier molecular flexibility index (Phi) is 6.33. The van der Waals surface area contributed by atoms with Gasteiger partial charge in [-0.25, -0.2) is 0 Å². The first kappa shape index (κ1) is 17.5. The molecule has 24 heavy (non-hydrogen) atoms. The second-order valence-corrected chi connectivity index (χ2v) is 5.22. The van der Waals surface area contributed by atoms with Gasteiger partial charge in [-0.15, -0.1) is 0 Å². The van der Waals surface area contributed by atoms with Crippen LogP contribution in [-0.2, 0) is 9.59 Å². The first-order valence-electron chi connectivity index (χ1n) is 7.68. The van der Waals surface area contributed by atoms with Gasteiger partial charge in [0.2, 0.25) is 0 Å². The Morgan fingerprint density at radius 1 is 1.12 bits per heavy atom. The number of ether oxygens (including phenoxy) is 1. The van der Waals surface area contributed by atoms with E-state index >= 15 is 0 Å². The molecule has 2 aromatic carbocycles. The minimum absolute atomic E-state index is 0.134. The van der Waals surface area contributed by atoms with E-state index in [4.69, 9.17) is 4.74 Å². The maximum Gasteiger partial charge on any atom is 0.287 e. The van der Waals surface area contributed by atoms with Gasteiger partial charge in [-0.3, -0.25) is 9.59 Å². The van der Waals surface area contributed by atoms with Gasteiger partial charge in [0.1, 0.15) is 5.75 Å². The number of carbonyl (C=O) groups is 2. The number of amides is 2. The average Bonchev–Trinajstić information content (AvgIpc) is 2.62. The summed E-state index contributed by atoms with van der Waals surface area (Å²) in [7, 11) is 3.15. The molecule has 0 fully saturated rings. The zero-order valence-corrected chi connectivity index (χ0v) is 13.8. The van der Waals surface area contributed by atoms with Crippen LogP contribution in [0, 0.1) is 0 Å². The normalized spacial score (nSPS) is 11.4. The number of hydrogen-bond acceptors (Lipinski definition) is 3. The maximum atomic E-state index is 12.7. The Bertz CT molecular complexity index is 689. The summed E-state index contributed by atoms with van der Waals surface area (Å²) in [5, 5.41) is 7.14. The van der Waals surface area contributed by atoms with E-state index in [1.54, 1.807) is 37.7 Å². The van der Waals surface area contributed by atoms with Crippen LogP contribution in [0.25, 0.3) is 0 Å². The number of methoxy groups -OCH3 is 1. The van der Waals surface area contributed by atoms with Gasteiger partial charge in [0.25, 0.3) is 11.8 Å². The lowest BCUT2D eigenvalue weighted by atomic mass is 10.1. The minimum atomic E-state index is -0.519. The highest BCUT2D eigenvalue weighted by atomic mass is 16.5. The number of likely N-dealkylation sites (N-methyl/N-ethyl adjacent to an activating group) is 1. The molecular weight excluding hydrogens is 306 g/mol. The van der Waals surface area contributed by atoms with Crippen LogP contribution in [0.2, 0.25) is 0 Å². The number of benzene rings is 2. The Morgan fingerprint density at radius 3 is 2.54 bits per heavy atom. The molecule has 6 heteroatoms. The number of quaternary nitrogens is 1. The average molecular weight is 328 g/mol. The molecule has 2 rings (SSSR count). The highest BCUT2D eigenvalue weighted by Gasteiger charge is 2.25. The fourth-order valence-corrected chi connectivity index (χ4v) is 2.30. The standard InChI is InChI=1S/C18H21N3O3/c1-19-16(22)12-20-17(13-7-4-3-5-8-13)18(23)21-14-9-6-10-15(11-14)24-2/h3-11,17,20H,12H2,1-2H3,(H,19,22)(H,21,23)/p+1/t17-/m0/s1. The molecule has 0 aliphatic heterocycles. The summed E-state index contributed by atoms with van der Waals surface area (Å²) < 4.78 is 5.16. The van der Waals surface area contributed by atoms with E-state index in [1.807, 2.05) is 36.4 Å². The molecule has 2 aromatic rings. The molecule has 0 unspecified atom stereocenters. The summed E-state index contributed by atoms with van der Waals surface area (Å²) in [6, 6.07) is 16.0. The second kappa shape index (κ2) is 8.69. The summed E-state index contributed by atoms with van der Waals surface area (Å²) in [6.07, 6.45) is 0. The third-order valence-electron chi connectivity index (χ3n) is 3.60. The molecule has 0 aliphatic rings. The number of carbonyl (C=O) groups excluding carboxylic acids is 2. The molecule has 1 atom stereocenters. The van der Waals surface area contributed by atoms with Crippen LogP contribution in [0.15, 0.2) is 54.6 Å². The largest absolute Gasteiger partial charge is 0.497 e. The molecule has 0 radical (unpaired) electrons. The molecule has 126 valence electrons. The van der Waals surface area contributed by atoms with E-state index in [0.717, 1.165) is 5.56 Å². The fraction of sp³-hybridized carbons (Fsp3) is 0.222. The van der Waals surface area contributed by atoms with Crippen molar-refractivity contribution >= 4 is 17.5 Å². The first-order chi connectivity index (χ1) is 11.6. The lowest BCUT2D eigenvalue weighted by molar-refractivity contribution is -0.672. The van der Waals surface area contributed by atoms with E-state index in [0.29, 0.717) is 11.4 Å². The molecule has 4 N–H and O–H groups in total. The monoisotopic (exact) mass is 328 g/mol. The van der Waals surface area contributed by atoms with Crippen molar-refractivity contribution in [3.8, 4) is 5.75 Å². The smallest absolute Gasteiger partial charge is 0.287 e. The zero-order valence-electron chi connectivity index (χ0n) is 13.8. The molecule has 6 nitrogen and oxygen atoms in total. The predicted molar refractivity (Wildman–Crippen MR) is 91.7 cm³/mol. The molecule has 0 saturated carbocycles. The van der Waals surface area contributed by atoms with Gasteiger partial charge in [-0.2, -0.15) is 0 Å². The summed E-state index contributed by atoms with van der Waals surface area (Å²) in [6.45, 7) is 0.168. The molecule has 2 amide bonds. The summed E-state index contributed by atoms with van der Waals surface area (Å²) in [5.74, 6) is 0.335. The van der Waals surface area contributed by atoms with Gasteiger partial charge in [0.05, 0.1) is 7.11 Å². The quantitative estimate of drug-likeness (QED) is 0.699. The van der Waals surface area contributed by atoms with Gasteiger partial charge in [-0.05, 0) is 12.1 Å². The van der Waals surface area contributed by atoms with Crippen LogP contribution < -0.4 is 20.7 Å². The Labute approximate surface area is 141 Å². The highest BCUT2D eigenvalue weighted by molar-refractivity contribution is 5.94. The third kappa shape index (κ3) is 4.82. The van der Waals surface area contributed by atoms with Crippen LogP contribution >= 0.6 is 0 Å². The second-order valence-electron chi connectivity index (χ2n) is 5.22. The number of nitrogens with one attached hydrogen (secondary N) is 2. The zero-order chi connectivity index (χ0) is 17.4. The molecule has 0 aliphatic carbocycles. The van der Waals surface area contributed by atoms with Gasteiger partial charge in [-0.1, -0.05) is 36.4 Å². The Morgan fingerprint density at radius 2 is 1.88 bits per heavy atom. The predicted octanol–water partition coefficient (Wildman–Crippen LogP) is 0.684. The van der Waals surface area contributed by atoms with Gasteiger partial charge in [0.15, 0.2) is 12.6 Å². The van der Waals surface area contributed by atoms with Crippen molar-refractivity contribution in [2.45, 2.75) is 6.04 Å². The van der Waals surface area contributed by atoms with Crippen molar-refractivity contribution < 1.29 is 19.6 Å². The van der Waals surface area contributed by atoms with Crippen molar-refractivity contribution in [2.75, 3.05) is 26.0 Å². The minimum Gasteiger partial charge on any atom is -0.497 e. The van der Waals surface area contributed by atoms with E-state index in [9.17, 15) is 9.59 Å². The van der Waals surface area contributed by atoms with E-state index in [1.165, 1.54) is 0 Å². The Balaban J connectivity index is 2.15. The summed E-state index contributed by atoms with van der Waals surface area (Å²) in [4.78, 5) is 24.2. The third-order valence-corrected chi connectivity index (χ3v) is 3.60. The van der Waals surface area contributed by atoms with E-state index in [2.05, 4.69) is 10.6 Å². The van der Waals surface area contributed by atoms with E-state index < -0.39 is 6.04 Å². The molecule has 0 heterocycles. The number of rotatable bonds is 7. The fourth-order valence-electron chi connectivity index (χ4n) is 2.30. The van der Waals surface area contributed by atoms with Crippen LogP contribution in [0.5, 0.6) is 5.75 Å². The number of hydrogen-bond donors (Lipinski definition) is 3. The van der Waals surface area contributed by atoms with Crippen molar-refractivity contribution in [2.24, 2.45) is 0 Å². The van der Waals surface area contributed by atoms with E-state index in [-0.39, 0.29) is 18.4 Å². The van der Waals surface area contributed by atoms with Crippen molar-refractivity contribution in [3.63, 3.8) is 0 Å². The highest BCUT2D eigenvalue weighted by Crippen LogP contribution is 2.18.